The molecule has 1 aliphatic carbocycles. The summed E-state index contributed by atoms with van der Waals surface area (Å²) in [5, 5.41) is 15.5. The molecule has 0 aromatic carbocycles. The van der Waals surface area contributed by atoms with Crippen molar-refractivity contribution in [1.29, 1.82) is 5.26 Å². The van der Waals surface area contributed by atoms with Crippen LogP contribution in [0.4, 0.5) is 5.82 Å². The fourth-order valence-corrected chi connectivity index (χ4v) is 2.86. The third-order valence-electron chi connectivity index (χ3n) is 4.27. The van der Waals surface area contributed by atoms with Crippen molar-refractivity contribution in [3.05, 3.63) is 35.6 Å². The Balaban J connectivity index is 1.52. The molecule has 8 nitrogen and oxygen atoms in total. The van der Waals surface area contributed by atoms with Crippen molar-refractivity contribution in [2.45, 2.75) is 37.8 Å². The van der Waals surface area contributed by atoms with Crippen LogP contribution in [0.2, 0.25) is 0 Å². The highest BCUT2D eigenvalue weighted by atomic mass is 16.5. The minimum Gasteiger partial charge on any atom is -0.346 e. The number of hydrogen-bond acceptors (Lipinski definition) is 7. The van der Waals surface area contributed by atoms with E-state index < -0.39 is 0 Å². The molecule has 2 fully saturated rings. The van der Waals surface area contributed by atoms with Gasteiger partial charge in [0.2, 0.25) is 5.89 Å². The Morgan fingerprint density at radius 2 is 2.25 bits per heavy atom. The minimum atomic E-state index is -0.284. The normalized spacial score (nSPS) is 20.0. The lowest BCUT2D eigenvalue weighted by atomic mass is 10.2. The summed E-state index contributed by atoms with van der Waals surface area (Å²) in [5.41, 5.74) is 0.520. The van der Waals surface area contributed by atoms with Crippen molar-refractivity contribution < 1.29 is 9.32 Å². The van der Waals surface area contributed by atoms with Gasteiger partial charge in [-0.05, 0) is 37.8 Å². The second kappa shape index (κ2) is 5.92. The largest absolute Gasteiger partial charge is 0.346 e. The molecule has 1 amide bonds. The molecule has 1 aliphatic heterocycles. The van der Waals surface area contributed by atoms with Crippen LogP contribution < -0.4 is 10.2 Å². The van der Waals surface area contributed by atoms with Crippen LogP contribution in [0, 0.1) is 11.3 Å². The summed E-state index contributed by atoms with van der Waals surface area (Å²) in [6.45, 7) is 0.815. The van der Waals surface area contributed by atoms with Crippen molar-refractivity contribution in [3.63, 3.8) is 0 Å². The predicted octanol–water partition coefficient (Wildman–Crippen LogP) is 1.57. The van der Waals surface area contributed by atoms with Crippen LogP contribution in [0.15, 0.2) is 22.9 Å². The smallest absolute Gasteiger partial charge is 0.292 e. The van der Waals surface area contributed by atoms with E-state index in [0.29, 0.717) is 11.5 Å². The zero-order valence-corrected chi connectivity index (χ0v) is 13.0. The number of pyridine rings is 1. The van der Waals surface area contributed by atoms with Gasteiger partial charge in [-0.15, -0.1) is 0 Å². The molecule has 4 rings (SSSR count). The zero-order valence-electron chi connectivity index (χ0n) is 13.0. The van der Waals surface area contributed by atoms with Crippen LogP contribution in [0.5, 0.6) is 0 Å². The first-order chi connectivity index (χ1) is 11.7. The monoisotopic (exact) mass is 324 g/mol. The summed E-state index contributed by atoms with van der Waals surface area (Å²) < 4.78 is 5.32. The van der Waals surface area contributed by atoms with E-state index in [4.69, 9.17) is 9.78 Å². The fraction of sp³-hybridized carbons (Fsp3) is 0.438. The fourth-order valence-electron chi connectivity index (χ4n) is 2.86. The number of rotatable bonds is 4. The van der Waals surface area contributed by atoms with E-state index in [2.05, 4.69) is 31.4 Å². The Hall–Kier alpha value is -2.95. The Morgan fingerprint density at radius 3 is 2.96 bits per heavy atom. The molecule has 1 N–H and O–H groups in total. The lowest BCUT2D eigenvalue weighted by molar-refractivity contribution is 0.0937. The molecular weight excluding hydrogens is 308 g/mol. The Kier molecular flexibility index (Phi) is 3.61. The highest BCUT2D eigenvalue weighted by molar-refractivity contribution is 5.90. The molecule has 8 heteroatoms. The third-order valence-corrected chi connectivity index (χ3v) is 4.27. The van der Waals surface area contributed by atoms with E-state index in [1.165, 1.54) is 0 Å². The highest BCUT2D eigenvalue weighted by Crippen LogP contribution is 2.34. The number of hydrogen-bond donors (Lipinski definition) is 1. The molecule has 0 bridgehead atoms. The average Bonchev–Trinajstić information content (AvgIpc) is 3.11. The lowest BCUT2D eigenvalue weighted by Crippen LogP contribution is -2.27. The predicted molar refractivity (Wildman–Crippen MR) is 83.1 cm³/mol. The van der Waals surface area contributed by atoms with Crippen LogP contribution in [0.3, 0.4) is 0 Å². The second-order valence-electron chi connectivity index (χ2n) is 6.07. The number of carbonyl (C=O) groups is 1. The lowest BCUT2D eigenvalue weighted by Gasteiger charge is -2.22. The van der Waals surface area contributed by atoms with Gasteiger partial charge in [-0.2, -0.15) is 10.2 Å². The standard InChI is InChI=1S/C16H16N6O2/c17-8-10-3-6-13(18-9-10)22-7-1-2-12(22)16-20-14(21-24-16)15(23)19-11-4-5-11/h3,6,9,11-12H,1-2,4-5,7H2,(H,19,23)/t12-/m0/s1. The van der Waals surface area contributed by atoms with Gasteiger partial charge in [-0.25, -0.2) is 4.98 Å². The summed E-state index contributed by atoms with van der Waals surface area (Å²) in [4.78, 5) is 22.7. The summed E-state index contributed by atoms with van der Waals surface area (Å²) >= 11 is 0. The van der Waals surface area contributed by atoms with Gasteiger partial charge in [0, 0.05) is 18.8 Å². The van der Waals surface area contributed by atoms with Crippen LogP contribution >= 0.6 is 0 Å². The first-order valence-electron chi connectivity index (χ1n) is 8.02. The summed E-state index contributed by atoms with van der Waals surface area (Å²) in [6, 6.07) is 5.77. The Bertz CT molecular complexity index is 790. The third kappa shape index (κ3) is 2.80. The molecule has 3 heterocycles. The molecule has 2 aromatic rings. The molecule has 122 valence electrons. The molecule has 1 atom stereocenters. The maximum atomic E-state index is 12.0. The van der Waals surface area contributed by atoms with Crippen molar-refractivity contribution in [2.24, 2.45) is 0 Å². The van der Waals surface area contributed by atoms with Crippen LogP contribution in [-0.2, 0) is 0 Å². The van der Waals surface area contributed by atoms with Crippen molar-refractivity contribution in [3.8, 4) is 6.07 Å². The number of aromatic nitrogens is 3. The van der Waals surface area contributed by atoms with E-state index >= 15 is 0 Å². The number of nitriles is 1. The van der Waals surface area contributed by atoms with Gasteiger partial charge in [-0.1, -0.05) is 5.16 Å². The maximum absolute atomic E-state index is 12.0. The van der Waals surface area contributed by atoms with Gasteiger partial charge in [0.25, 0.3) is 11.7 Å². The second-order valence-corrected chi connectivity index (χ2v) is 6.07. The molecule has 1 saturated heterocycles. The molecule has 1 saturated carbocycles. The van der Waals surface area contributed by atoms with Crippen molar-refractivity contribution >= 4 is 11.7 Å². The molecule has 2 aliphatic rings. The summed E-state index contributed by atoms with van der Waals surface area (Å²) in [5.74, 6) is 0.989. The summed E-state index contributed by atoms with van der Waals surface area (Å²) in [7, 11) is 0. The molecular formula is C16H16N6O2. The molecule has 24 heavy (non-hydrogen) atoms. The summed E-state index contributed by atoms with van der Waals surface area (Å²) in [6.07, 6.45) is 5.40. The Morgan fingerprint density at radius 1 is 1.38 bits per heavy atom. The van der Waals surface area contributed by atoms with E-state index in [1.807, 2.05) is 6.07 Å². The van der Waals surface area contributed by atoms with E-state index in [1.54, 1.807) is 12.3 Å². The number of nitrogens with one attached hydrogen (secondary N) is 1. The van der Waals surface area contributed by atoms with E-state index in [-0.39, 0.29) is 23.8 Å². The van der Waals surface area contributed by atoms with Crippen LogP contribution in [0.1, 0.15) is 53.8 Å². The van der Waals surface area contributed by atoms with Gasteiger partial charge < -0.3 is 14.7 Å². The first-order valence-corrected chi connectivity index (χ1v) is 8.02. The number of carbonyl (C=O) groups excluding carboxylic acids is 1. The van der Waals surface area contributed by atoms with E-state index in [9.17, 15) is 4.79 Å². The molecule has 0 unspecified atom stereocenters. The van der Waals surface area contributed by atoms with E-state index in [0.717, 1.165) is 38.0 Å². The molecule has 0 spiro atoms. The SMILES string of the molecule is N#Cc1ccc(N2CCC[C@H]2c2nc(C(=O)NC3CC3)no2)nc1. The molecule has 0 radical (unpaired) electrons. The van der Waals surface area contributed by atoms with Gasteiger partial charge in [0.15, 0.2) is 0 Å². The van der Waals surface area contributed by atoms with Crippen LogP contribution in [-0.4, -0.2) is 33.6 Å². The highest BCUT2D eigenvalue weighted by Gasteiger charge is 2.33. The maximum Gasteiger partial charge on any atom is 0.292 e. The number of anilines is 1. The first kappa shape index (κ1) is 14.6. The number of amides is 1. The van der Waals surface area contributed by atoms with Crippen molar-refractivity contribution in [2.75, 3.05) is 11.4 Å². The van der Waals surface area contributed by atoms with Gasteiger partial charge in [-0.3, -0.25) is 4.79 Å². The number of nitrogens with zero attached hydrogens (tertiary/aromatic N) is 5. The topological polar surface area (TPSA) is 108 Å². The molecule has 2 aromatic heterocycles. The zero-order chi connectivity index (χ0) is 16.5. The van der Waals surface area contributed by atoms with Gasteiger partial charge in [0.1, 0.15) is 17.9 Å². The minimum absolute atomic E-state index is 0.0801. The van der Waals surface area contributed by atoms with Gasteiger partial charge in [0.05, 0.1) is 5.56 Å². The van der Waals surface area contributed by atoms with Gasteiger partial charge >= 0.3 is 0 Å². The van der Waals surface area contributed by atoms with Crippen molar-refractivity contribution in [1.82, 2.24) is 20.4 Å². The Labute approximate surface area is 138 Å². The average molecular weight is 324 g/mol. The quantitative estimate of drug-likeness (QED) is 0.909. The van der Waals surface area contributed by atoms with Crippen LogP contribution in [0.25, 0.3) is 0 Å².